The Morgan fingerprint density at radius 3 is 2.48 bits per heavy atom. The maximum absolute atomic E-state index is 13.1. The lowest BCUT2D eigenvalue weighted by Crippen LogP contribution is -2.42. The molecule has 3 heterocycles. The number of rotatable bonds is 7. The zero-order chi connectivity index (χ0) is 18.5. The molecule has 0 N–H and O–H groups in total. The van der Waals surface area contributed by atoms with E-state index in [0.717, 1.165) is 43.8 Å². The van der Waals surface area contributed by atoms with Crippen LogP contribution in [0.3, 0.4) is 0 Å². The molecule has 1 amide bonds. The number of benzene rings is 1. The van der Waals surface area contributed by atoms with Gasteiger partial charge in [-0.15, -0.1) is 0 Å². The van der Waals surface area contributed by atoms with Gasteiger partial charge in [0.25, 0.3) is 5.91 Å². The Morgan fingerprint density at radius 2 is 1.70 bits per heavy atom. The predicted octanol–water partition coefficient (Wildman–Crippen LogP) is 2.86. The molecule has 4 rings (SSSR count). The zero-order valence-electron chi connectivity index (χ0n) is 16.4. The monoisotopic (exact) mass is 371 g/mol. The molecule has 1 atom stereocenters. The van der Waals surface area contributed by atoms with Gasteiger partial charge in [-0.25, -0.2) is 0 Å². The summed E-state index contributed by atoms with van der Waals surface area (Å²) in [5, 5.41) is 0. The number of hydrogen-bond donors (Lipinski definition) is 0. The summed E-state index contributed by atoms with van der Waals surface area (Å²) in [7, 11) is 0. The van der Waals surface area contributed by atoms with Crippen LogP contribution in [0, 0.1) is 0 Å². The fourth-order valence-corrected chi connectivity index (χ4v) is 4.74. The van der Waals surface area contributed by atoms with E-state index in [1.807, 2.05) is 24.3 Å². The van der Waals surface area contributed by atoms with Crippen LogP contribution in [0.5, 0.6) is 5.75 Å². The lowest BCUT2D eigenvalue weighted by atomic mass is 10.1. The first kappa shape index (κ1) is 18.8. The van der Waals surface area contributed by atoms with Gasteiger partial charge in [-0.1, -0.05) is 6.07 Å². The third-order valence-electron chi connectivity index (χ3n) is 6.26. The zero-order valence-corrected chi connectivity index (χ0v) is 16.4. The molecule has 5 heteroatoms. The number of likely N-dealkylation sites (tertiary alicyclic amines) is 3. The molecule has 3 aliphatic heterocycles. The SMILES string of the molecule is O=C(c1cccc(OCCN2CCCC2)c1)N1CCC[C@H]1CN1CCCC1. The van der Waals surface area contributed by atoms with E-state index in [1.54, 1.807) is 0 Å². The number of hydrogen-bond acceptors (Lipinski definition) is 4. The van der Waals surface area contributed by atoms with E-state index in [0.29, 0.717) is 12.6 Å². The van der Waals surface area contributed by atoms with Crippen molar-refractivity contribution in [3.05, 3.63) is 29.8 Å². The van der Waals surface area contributed by atoms with E-state index in [-0.39, 0.29) is 5.91 Å². The molecule has 1 aromatic rings. The largest absolute Gasteiger partial charge is 0.492 e. The highest BCUT2D eigenvalue weighted by molar-refractivity contribution is 5.95. The van der Waals surface area contributed by atoms with Gasteiger partial charge in [0.05, 0.1) is 0 Å². The lowest BCUT2D eigenvalue weighted by molar-refractivity contribution is 0.0708. The van der Waals surface area contributed by atoms with Crippen molar-refractivity contribution < 1.29 is 9.53 Å². The molecule has 0 bridgehead atoms. The number of carbonyl (C=O) groups excluding carboxylic acids is 1. The minimum absolute atomic E-state index is 0.168. The van der Waals surface area contributed by atoms with Gasteiger partial charge in [0.15, 0.2) is 0 Å². The average Bonchev–Trinajstić information content (AvgIpc) is 3.45. The number of amides is 1. The summed E-state index contributed by atoms with van der Waals surface area (Å²) in [5.41, 5.74) is 0.766. The Bertz CT molecular complexity index is 624. The van der Waals surface area contributed by atoms with Crippen molar-refractivity contribution in [1.29, 1.82) is 0 Å². The second kappa shape index (κ2) is 9.07. The Hall–Kier alpha value is -1.59. The quantitative estimate of drug-likeness (QED) is 0.738. The molecule has 0 aromatic heterocycles. The first-order valence-corrected chi connectivity index (χ1v) is 10.8. The van der Waals surface area contributed by atoms with E-state index in [4.69, 9.17) is 4.74 Å². The van der Waals surface area contributed by atoms with Crippen LogP contribution < -0.4 is 4.74 Å². The maximum atomic E-state index is 13.1. The molecule has 0 unspecified atom stereocenters. The Morgan fingerprint density at radius 1 is 0.963 bits per heavy atom. The summed E-state index contributed by atoms with van der Waals surface area (Å²) in [6.07, 6.45) is 7.47. The third kappa shape index (κ3) is 4.82. The second-order valence-electron chi connectivity index (χ2n) is 8.23. The molecule has 5 nitrogen and oxygen atoms in total. The minimum Gasteiger partial charge on any atom is -0.492 e. The van der Waals surface area contributed by atoms with Gasteiger partial charge in [0, 0.05) is 31.2 Å². The summed E-state index contributed by atoms with van der Waals surface area (Å²) in [5.74, 6) is 0.983. The highest BCUT2D eigenvalue weighted by Gasteiger charge is 2.31. The topological polar surface area (TPSA) is 36.0 Å². The summed E-state index contributed by atoms with van der Waals surface area (Å²) < 4.78 is 5.94. The molecule has 0 aliphatic carbocycles. The van der Waals surface area contributed by atoms with Crippen LogP contribution in [0.1, 0.15) is 48.9 Å². The third-order valence-corrected chi connectivity index (χ3v) is 6.26. The number of nitrogens with zero attached hydrogens (tertiary/aromatic N) is 3. The van der Waals surface area contributed by atoms with Crippen LogP contribution in [0.15, 0.2) is 24.3 Å². The molecular formula is C22H33N3O2. The van der Waals surface area contributed by atoms with Crippen molar-refractivity contribution in [2.75, 3.05) is 52.4 Å². The fourth-order valence-electron chi connectivity index (χ4n) is 4.74. The van der Waals surface area contributed by atoms with Crippen LogP contribution in [0.2, 0.25) is 0 Å². The van der Waals surface area contributed by atoms with Gasteiger partial charge in [0.2, 0.25) is 0 Å². The van der Waals surface area contributed by atoms with Crippen molar-refractivity contribution in [2.24, 2.45) is 0 Å². The summed E-state index contributed by atoms with van der Waals surface area (Å²) in [6, 6.07) is 8.14. The molecule has 3 aliphatic rings. The average molecular weight is 372 g/mol. The van der Waals surface area contributed by atoms with Crippen molar-refractivity contribution in [2.45, 2.75) is 44.6 Å². The van der Waals surface area contributed by atoms with Gasteiger partial charge in [-0.3, -0.25) is 9.69 Å². The van der Waals surface area contributed by atoms with Crippen molar-refractivity contribution in [3.63, 3.8) is 0 Å². The highest BCUT2D eigenvalue weighted by Crippen LogP contribution is 2.24. The Balaban J connectivity index is 1.33. The first-order valence-electron chi connectivity index (χ1n) is 10.8. The minimum atomic E-state index is 0.168. The number of carbonyl (C=O) groups is 1. The van der Waals surface area contributed by atoms with Crippen LogP contribution in [-0.2, 0) is 0 Å². The van der Waals surface area contributed by atoms with Crippen LogP contribution >= 0.6 is 0 Å². The fraction of sp³-hybridized carbons (Fsp3) is 0.682. The van der Waals surface area contributed by atoms with E-state index >= 15 is 0 Å². The molecule has 3 fully saturated rings. The molecule has 0 saturated carbocycles. The smallest absolute Gasteiger partial charge is 0.254 e. The van der Waals surface area contributed by atoms with Gasteiger partial charge >= 0.3 is 0 Å². The van der Waals surface area contributed by atoms with E-state index in [2.05, 4.69) is 14.7 Å². The summed E-state index contributed by atoms with van der Waals surface area (Å²) in [6.45, 7) is 8.36. The molecule has 148 valence electrons. The summed E-state index contributed by atoms with van der Waals surface area (Å²) >= 11 is 0. The Kier molecular flexibility index (Phi) is 6.30. The lowest BCUT2D eigenvalue weighted by Gasteiger charge is -2.28. The van der Waals surface area contributed by atoms with Gasteiger partial charge in [-0.2, -0.15) is 0 Å². The molecule has 3 saturated heterocycles. The number of ether oxygens (including phenoxy) is 1. The first-order chi connectivity index (χ1) is 13.3. The standard InChI is InChI=1S/C22H33N3O2/c26-22(25-14-6-8-20(25)18-24-12-3-4-13-24)19-7-5-9-21(17-19)27-16-15-23-10-1-2-11-23/h5,7,9,17,20H,1-4,6,8,10-16,18H2/t20-/m0/s1. The van der Waals surface area contributed by atoms with Crippen molar-refractivity contribution in [1.82, 2.24) is 14.7 Å². The van der Waals surface area contributed by atoms with Crippen LogP contribution in [0.25, 0.3) is 0 Å². The van der Waals surface area contributed by atoms with E-state index < -0.39 is 0 Å². The predicted molar refractivity (Wildman–Crippen MR) is 107 cm³/mol. The van der Waals surface area contributed by atoms with Gasteiger partial charge in [0.1, 0.15) is 12.4 Å². The van der Waals surface area contributed by atoms with Crippen molar-refractivity contribution in [3.8, 4) is 5.75 Å². The normalized spacial score (nSPS) is 24.0. The molecular weight excluding hydrogens is 338 g/mol. The van der Waals surface area contributed by atoms with Gasteiger partial charge < -0.3 is 14.5 Å². The molecule has 27 heavy (non-hydrogen) atoms. The van der Waals surface area contributed by atoms with Crippen molar-refractivity contribution >= 4 is 5.91 Å². The molecule has 1 aromatic carbocycles. The van der Waals surface area contributed by atoms with Crippen LogP contribution in [-0.4, -0.2) is 79.1 Å². The van der Waals surface area contributed by atoms with E-state index in [9.17, 15) is 4.79 Å². The Labute approximate surface area is 163 Å². The summed E-state index contributed by atoms with van der Waals surface area (Å²) in [4.78, 5) is 20.2. The van der Waals surface area contributed by atoms with E-state index in [1.165, 1.54) is 51.9 Å². The van der Waals surface area contributed by atoms with Crippen LogP contribution in [0.4, 0.5) is 0 Å². The maximum Gasteiger partial charge on any atom is 0.254 e. The van der Waals surface area contributed by atoms with Gasteiger partial charge in [-0.05, 0) is 82.9 Å². The molecule has 0 spiro atoms. The second-order valence-corrected chi connectivity index (χ2v) is 8.23. The molecule has 0 radical (unpaired) electrons. The highest BCUT2D eigenvalue weighted by atomic mass is 16.5.